The number of rotatable bonds is 5. The molecule has 0 spiro atoms. The van der Waals surface area contributed by atoms with Gasteiger partial charge in [-0.2, -0.15) is 0 Å². The first kappa shape index (κ1) is 11.8. The van der Waals surface area contributed by atoms with Gasteiger partial charge in [0.1, 0.15) is 5.54 Å². The zero-order valence-corrected chi connectivity index (χ0v) is 9.87. The second-order valence-corrected chi connectivity index (χ2v) is 4.75. The minimum Gasteiger partial charge on any atom is -0.379 e. The number of ether oxygens (including phenoxy) is 1. The fraction of sp³-hybridized carbons (Fsp3) is 0.909. The molecule has 1 unspecified atom stereocenters. The number of nitrogens with one attached hydrogen (secondary N) is 1. The van der Waals surface area contributed by atoms with Crippen molar-refractivity contribution >= 4 is 5.91 Å². The van der Waals surface area contributed by atoms with E-state index in [2.05, 4.69) is 10.2 Å². The van der Waals surface area contributed by atoms with Crippen molar-refractivity contribution in [1.82, 2.24) is 10.2 Å². The molecule has 0 aromatic rings. The number of hydrogen-bond acceptors (Lipinski definition) is 4. The van der Waals surface area contributed by atoms with Crippen LogP contribution < -0.4 is 11.1 Å². The van der Waals surface area contributed by atoms with Crippen molar-refractivity contribution in [2.75, 3.05) is 39.9 Å². The van der Waals surface area contributed by atoms with E-state index >= 15 is 0 Å². The van der Waals surface area contributed by atoms with E-state index in [0.29, 0.717) is 12.5 Å². The Bertz CT molecular complexity index is 262. The molecule has 0 radical (unpaired) electrons. The fourth-order valence-corrected chi connectivity index (χ4v) is 2.50. The van der Waals surface area contributed by atoms with Crippen molar-refractivity contribution < 1.29 is 9.53 Å². The maximum atomic E-state index is 11.7. The van der Waals surface area contributed by atoms with E-state index in [1.54, 1.807) is 0 Å². The number of carbonyl (C=O) groups is 1. The van der Waals surface area contributed by atoms with Crippen molar-refractivity contribution in [2.45, 2.75) is 18.4 Å². The standard InChI is InChI=1S/C11H21N3O2/c1-13-11(10(12)15,9-2-3-9)8-14-4-6-16-7-5-14/h9,13H,2-8H2,1H3,(H2,12,15). The predicted molar refractivity (Wildman–Crippen MR) is 61.0 cm³/mol. The summed E-state index contributed by atoms with van der Waals surface area (Å²) in [4.78, 5) is 14.0. The molecule has 2 fully saturated rings. The second-order valence-electron chi connectivity index (χ2n) is 4.75. The Labute approximate surface area is 96.3 Å². The van der Waals surface area contributed by atoms with E-state index < -0.39 is 5.54 Å². The Kier molecular flexibility index (Phi) is 3.47. The lowest BCUT2D eigenvalue weighted by molar-refractivity contribution is -0.126. The van der Waals surface area contributed by atoms with E-state index in [-0.39, 0.29) is 5.91 Å². The highest BCUT2D eigenvalue weighted by molar-refractivity contribution is 5.86. The van der Waals surface area contributed by atoms with Crippen LogP contribution in [-0.4, -0.2) is 56.2 Å². The summed E-state index contributed by atoms with van der Waals surface area (Å²) in [6.07, 6.45) is 2.21. The largest absolute Gasteiger partial charge is 0.379 e. The molecule has 2 rings (SSSR count). The third-order valence-corrected chi connectivity index (χ3v) is 3.74. The number of primary amides is 1. The van der Waals surface area contributed by atoms with Crippen LogP contribution in [0.4, 0.5) is 0 Å². The van der Waals surface area contributed by atoms with E-state index in [9.17, 15) is 4.79 Å². The van der Waals surface area contributed by atoms with Crippen LogP contribution in [0.25, 0.3) is 0 Å². The molecule has 92 valence electrons. The molecule has 3 N–H and O–H groups in total. The quantitative estimate of drug-likeness (QED) is 0.643. The van der Waals surface area contributed by atoms with Crippen molar-refractivity contribution in [2.24, 2.45) is 11.7 Å². The molecule has 1 aliphatic carbocycles. The van der Waals surface area contributed by atoms with Crippen molar-refractivity contribution in [1.29, 1.82) is 0 Å². The van der Waals surface area contributed by atoms with Gasteiger partial charge in [-0.25, -0.2) is 0 Å². The molecule has 1 saturated heterocycles. The second kappa shape index (κ2) is 4.69. The molecule has 1 aliphatic heterocycles. The van der Waals surface area contributed by atoms with Crippen molar-refractivity contribution in [3.05, 3.63) is 0 Å². The third-order valence-electron chi connectivity index (χ3n) is 3.74. The van der Waals surface area contributed by atoms with Gasteiger partial charge in [0.15, 0.2) is 0 Å². The van der Waals surface area contributed by atoms with Gasteiger partial charge < -0.3 is 15.8 Å². The van der Waals surface area contributed by atoms with Crippen LogP contribution >= 0.6 is 0 Å². The number of hydrogen-bond donors (Lipinski definition) is 2. The van der Waals surface area contributed by atoms with Crippen LogP contribution in [0, 0.1) is 5.92 Å². The lowest BCUT2D eigenvalue weighted by Crippen LogP contribution is -2.63. The topological polar surface area (TPSA) is 67.6 Å². The van der Waals surface area contributed by atoms with Crippen LogP contribution in [0.1, 0.15) is 12.8 Å². The molecular weight excluding hydrogens is 206 g/mol. The minimum absolute atomic E-state index is 0.219. The molecule has 0 aromatic carbocycles. The van der Waals surface area contributed by atoms with Gasteiger partial charge in [0, 0.05) is 19.6 Å². The maximum Gasteiger partial charge on any atom is 0.239 e. The fourth-order valence-electron chi connectivity index (χ4n) is 2.50. The zero-order valence-electron chi connectivity index (χ0n) is 9.87. The SMILES string of the molecule is CNC(CN1CCOCC1)(C(N)=O)C1CC1. The van der Waals surface area contributed by atoms with Gasteiger partial charge >= 0.3 is 0 Å². The molecule has 1 heterocycles. The molecule has 1 saturated carbocycles. The molecule has 0 bridgehead atoms. The Hall–Kier alpha value is -0.650. The summed E-state index contributed by atoms with van der Waals surface area (Å²) in [5.41, 5.74) is 5.05. The van der Waals surface area contributed by atoms with Crippen molar-refractivity contribution in [3.63, 3.8) is 0 Å². The van der Waals surface area contributed by atoms with Gasteiger partial charge in [-0.3, -0.25) is 9.69 Å². The minimum atomic E-state index is -0.530. The maximum absolute atomic E-state index is 11.7. The molecule has 16 heavy (non-hydrogen) atoms. The first-order valence-corrected chi connectivity index (χ1v) is 5.98. The summed E-state index contributed by atoms with van der Waals surface area (Å²) in [5.74, 6) is 0.196. The predicted octanol–water partition coefficient (Wildman–Crippen LogP) is -0.828. The lowest BCUT2D eigenvalue weighted by atomic mass is 9.91. The third kappa shape index (κ3) is 2.21. The summed E-state index contributed by atoms with van der Waals surface area (Å²) in [7, 11) is 1.84. The number of amides is 1. The summed E-state index contributed by atoms with van der Waals surface area (Å²) < 4.78 is 5.31. The normalized spacial score (nSPS) is 26.3. The van der Waals surface area contributed by atoms with Gasteiger partial charge in [0.25, 0.3) is 0 Å². The van der Waals surface area contributed by atoms with E-state index in [4.69, 9.17) is 10.5 Å². The number of nitrogens with two attached hydrogens (primary N) is 1. The smallest absolute Gasteiger partial charge is 0.239 e. The molecule has 5 heteroatoms. The molecule has 1 amide bonds. The zero-order chi connectivity index (χ0) is 11.6. The highest BCUT2D eigenvalue weighted by Gasteiger charge is 2.49. The van der Waals surface area contributed by atoms with Crippen LogP contribution in [0.5, 0.6) is 0 Å². The van der Waals surface area contributed by atoms with Crippen LogP contribution in [0.3, 0.4) is 0 Å². The first-order chi connectivity index (χ1) is 7.69. The number of carbonyl (C=O) groups excluding carboxylic acids is 1. The van der Waals surface area contributed by atoms with E-state index in [0.717, 1.165) is 39.1 Å². The summed E-state index contributed by atoms with van der Waals surface area (Å²) in [6, 6.07) is 0. The summed E-state index contributed by atoms with van der Waals surface area (Å²) in [5, 5.41) is 3.17. The van der Waals surface area contributed by atoms with Gasteiger partial charge in [0.2, 0.25) is 5.91 Å². The number of nitrogens with zero attached hydrogens (tertiary/aromatic N) is 1. The Balaban J connectivity index is 2.03. The average Bonchev–Trinajstić information content (AvgIpc) is 3.11. The van der Waals surface area contributed by atoms with E-state index in [1.165, 1.54) is 0 Å². The molecule has 2 aliphatic rings. The Morgan fingerprint density at radius 1 is 1.50 bits per heavy atom. The molecule has 5 nitrogen and oxygen atoms in total. The van der Waals surface area contributed by atoms with E-state index in [1.807, 2.05) is 7.05 Å². The van der Waals surface area contributed by atoms with Crippen LogP contribution in [0.15, 0.2) is 0 Å². The van der Waals surface area contributed by atoms with Gasteiger partial charge in [-0.05, 0) is 25.8 Å². The highest BCUT2D eigenvalue weighted by Crippen LogP contribution is 2.40. The molecule has 0 aromatic heterocycles. The average molecular weight is 227 g/mol. The number of morpholine rings is 1. The summed E-state index contributed by atoms with van der Waals surface area (Å²) >= 11 is 0. The summed E-state index contributed by atoms with van der Waals surface area (Å²) in [6.45, 7) is 4.01. The van der Waals surface area contributed by atoms with Crippen LogP contribution in [-0.2, 0) is 9.53 Å². The Morgan fingerprint density at radius 3 is 2.56 bits per heavy atom. The van der Waals surface area contributed by atoms with Crippen molar-refractivity contribution in [3.8, 4) is 0 Å². The van der Waals surface area contributed by atoms with Gasteiger partial charge in [0.05, 0.1) is 13.2 Å². The monoisotopic (exact) mass is 227 g/mol. The van der Waals surface area contributed by atoms with Gasteiger partial charge in [-0.1, -0.05) is 0 Å². The lowest BCUT2D eigenvalue weighted by Gasteiger charge is -2.37. The first-order valence-electron chi connectivity index (χ1n) is 5.98. The number of likely N-dealkylation sites (N-methyl/N-ethyl adjacent to an activating group) is 1. The highest BCUT2D eigenvalue weighted by atomic mass is 16.5. The molecule has 1 atom stereocenters. The molecular formula is C11H21N3O2. The van der Waals surface area contributed by atoms with Gasteiger partial charge in [-0.15, -0.1) is 0 Å². The van der Waals surface area contributed by atoms with Crippen LogP contribution in [0.2, 0.25) is 0 Å². The Morgan fingerprint density at radius 2 is 2.12 bits per heavy atom.